The maximum absolute atomic E-state index is 6.07. The Hall–Kier alpha value is -0.770. The molecule has 1 aromatic heterocycles. The Bertz CT molecular complexity index is 511. The van der Waals surface area contributed by atoms with Crippen molar-refractivity contribution in [3.63, 3.8) is 0 Å². The minimum absolute atomic E-state index is 0.431. The Morgan fingerprint density at radius 2 is 2.00 bits per heavy atom. The molecule has 2 aromatic rings. The first-order valence-electron chi connectivity index (χ1n) is 4.81. The van der Waals surface area contributed by atoms with E-state index in [-0.39, 0.29) is 0 Å². The minimum Gasteiger partial charge on any atom is -0.436 e. The number of ether oxygens (including phenoxy) is 1. The highest BCUT2D eigenvalue weighted by molar-refractivity contribution is 9.10. The molecule has 0 amide bonds. The van der Waals surface area contributed by atoms with Crippen LogP contribution in [0.5, 0.6) is 11.6 Å². The second-order valence-electron chi connectivity index (χ2n) is 3.48. The van der Waals surface area contributed by atoms with Crippen molar-refractivity contribution in [2.75, 3.05) is 0 Å². The molecule has 0 saturated carbocycles. The molecule has 5 heteroatoms. The molecule has 1 heterocycles. The van der Waals surface area contributed by atoms with Crippen molar-refractivity contribution in [2.45, 2.75) is 6.92 Å². The van der Waals surface area contributed by atoms with Gasteiger partial charge in [0.15, 0.2) is 0 Å². The first-order valence-corrected chi connectivity index (χ1v) is 6.36. The molecule has 17 heavy (non-hydrogen) atoms. The summed E-state index contributed by atoms with van der Waals surface area (Å²) >= 11 is 15.2. The zero-order valence-corrected chi connectivity index (χ0v) is 12.0. The predicted octanol–water partition coefficient (Wildman–Crippen LogP) is 5.25. The topological polar surface area (TPSA) is 22.1 Å². The number of rotatable bonds is 2. The molecule has 0 bridgehead atoms. The van der Waals surface area contributed by atoms with Crippen molar-refractivity contribution in [3.05, 3.63) is 50.5 Å². The van der Waals surface area contributed by atoms with Crippen LogP contribution in [0.1, 0.15) is 5.56 Å². The molecule has 1 aromatic carbocycles. The summed E-state index contributed by atoms with van der Waals surface area (Å²) in [6.07, 6.45) is 1.52. The molecule has 0 saturated heterocycles. The largest absolute Gasteiger partial charge is 0.436 e. The van der Waals surface area contributed by atoms with E-state index in [4.69, 9.17) is 27.9 Å². The smallest absolute Gasteiger partial charge is 0.233 e. The third kappa shape index (κ3) is 3.12. The molecule has 0 spiro atoms. The lowest BCUT2D eigenvalue weighted by Gasteiger charge is -2.08. The van der Waals surface area contributed by atoms with Gasteiger partial charge in [-0.1, -0.05) is 29.3 Å². The Morgan fingerprint density at radius 1 is 1.24 bits per heavy atom. The van der Waals surface area contributed by atoms with Crippen molar-refractivity contribution in [2.24, 2.45) is 0 Å². The highest BCUT2D eigenvalue weighted by atomic mass is 79.9. The first-order chi connectivity index (χ1) is 8.06. The van der Waals surface area contributed by atoms with Gasteiger partial charge in [-0.2, -0.15) is 0 Å². The lowest BCUT2D eigenvalue weighted by Crippen LogP contribution is -1.90. The fourth-order valence-electron chi connectivity index (χ4n) is 1.27. The van der Waals surface area contributed by atoms with E-state index in [1.807, 2.05) is 19.1 Å². The average molecular weight is 333 g/mol. The molecule has 2 nitrogen and oxygen atoms in total. The second kappa shape index (κ2) is 5.25. The zero-order chi connectivity index (χ0) is 12.4. The number of benzene rings is 1. The van der Waals surface area contributed by atoms with Gasteiger partial charge < -0.3 is 4.74 Å². The SMILES string of the molecule is Cc1ccc(Oc2ncc(Cl)cc2Br)c(Cl)c1. The summed E-state index contributed by atoms with van der Waals surface area (Å²) in [6, 6.07) is 7.28. The third-order valence-electron chi connectivity index (χ3n) is 2.07. The summed E-state index contributed by atoms with van der Waals surface area (Å²) < 4.78 is 6.28. The quantitative estimate of drug-likeness (QED) is 0.749. The monoisotopic (exact) mass is 331 g/mol. The van der Waals surface area contributed by atoms with Crippen LogP contribution >= 0.6 is 39.1 Å². The van der Waals surface area contributed by atoms with E-state index in [9.17, 15) is 0 Å². The normalized spacial score (nSPS) is 10.4. The van der Waals surface area contributed by atoms with Crippen molar-refractivity contribution < 1.29 is 4.74 Å². The number of hydrogen-bond acceptors (Lipinski definition) is 2. The number of nitrogens with zero attached hydrogens (tertiary/aromatic N) is 1. The fraction of sp³-hybridized carbons (Fsp3) is 0.0833. The van der Waals surface area contributed by atoms with Crippen LogP contribution in [-0.2, 0) is 0 Å². The minimum atomic E-state index is 0.431. The lowest BCUT2D eigenvalue weighted by atomic mass is 10.2. The van der Waals surface area contributed by atoms with E-state index in [1.54, 1.807) is 12.1 Å². The molecule has 0 aliphatic rings. The van der Waals surface area contributed by atoms with Crippen molar-refractivity contribution in [3.8, 4) is 11.6 Å². The molecule has 0 unspecified atom stereocenters. The molecular formula is C12H8BrCl2NO. The predicted molar refractivity (Wildman–Crippen MR) is 73.2 cm³/mol. The number of hydrogen-bond donors (Lipinski definition) is 0. The van der Waals surface area contributed by atoms with Gasteiger partial charge in [-0.05, 0) is 46.6 Å². The van der Waals surface area contributed by atoms with Gasteiger partial charge in [-0.3, -0.25) is 0 Å². The van der Waals surface area contributed by atoms with Crippen LogP contribution in [0.4, 0.5) is 0 Å². The summed E-state index contributed by atoms with van der Waals surface area (Å²) in [5.41, 5.74) is 1.07. The molecular weight excluding hydrogens is 325 g/mol. The highest BCUT2D eigenvalue weighted by Gasteiger charge is 2.08. The first kappa shape index (κ1) is 12.7. The van der Waals surface area contributed by atoms with Crippen LogP contribution < -0.4 is 4.74 Å². The standard InChI is InChI=1S/C12H8BrCl2NO/c1-7-2-3-11(10(15)4-7)17-12-9(13)5-8(14)6-16-12/h2-6H,1H3. The van der Waals surface area contributed by atoms with E-state index < -0.39 is 0 Å². The van der Waals surface area contributed by atoms with E-state index in [0.29, 0.717) is 26.1 Å². The van der Waals surface area contributed by atoms with Crippen LogP contribution in [0.15, 0.2) is 34.9 Å². The van der Waals surface area contributed by atoms with Crippen molar-refractivity contribution in [1.82, 2.24) is 4.98 Å². The van der Waals surface area contributed by atoms with E-state index in [1.165, 1.54) is 6.20 Å². The van der Waals surface area contributed by atoms with Gasteiger partial charge >= 0.3 is 0 Å². The molecule has 2 rings (SSSR count). The molecule has 0 radical (unpaired) electrons. The Labute approximate surface area is 118 Å². The highest BCUT2D eigenvalue weighted by Crippen LogP contribution is 2.33. The Kier molecular flexibility index (Phi) is 3.92. The molecule has 0 aliphatic heterocycles. The zero-order valence-electron chi connectivity index (χ0n) is 8.88. The number of aromatic nitrogens is 1. The summed E-state index contributed by atoms with van der Waals surface area (Å²) in [7, 11) is 0. The Balaban J connectivity index is 2.31. The molecule has 0 atom stereocenters. The van der Waals surface area contributed by atoms with Crippen molar-refractivity contribution >= 4 is 39.1 Å². The van der Waals surface area contributed by atoms with Gasteiger partial charge in [0.25, 0.3) is 0 Å². The maximum atomic E-state index is 6.07. The van der Waals surface area contributed by atoms with Crippen LogP contribution in [0.2, 0.25) is 10.0 Å². The van der Waals surface area contributed by atoms with Crippen LogP contribution in [0.25, 0.3) is 0 Å². The van der Waals surface area contributed by atoms with Crippen molar-refractivity contribution in [1.29, 1.82) is 0 Å². The number of pyridine rings is 1. The maximum Gasteiger partial charge on any atom is 0.233 e. The van der Waals surface area contributed by atoms with Gasteiger partial charge in [0.05, 0.1) is 14.5 Å². The summed E-state index contributed by atoms with van der Waals surface area (Å²) in [5.74, 6) is 0.993. The number of halogens is 3. The fourth-order valence-corrected chi connectivity index (χ4v) is 2.26. The van der Waals surface area contributed by atoms with Gasteiger partial charge in [0.2, 0.25) is 5.88 Å². The second-order valence-corrected chi connectivity index (χ2v) is 5.17. The number of aryl methyl sites for hydroxylation is 1. The van der Waals surface area contributed by atoms with E-state index >= 15 is 0 Å². The van der Waals surface area contributed by atoms with Crippen LogP contribution in [0, 0.1) is 6.92 Å². The van der Waals surface area contributed by atoms with Gasteiger partial charge in [-0.25, -0.2) is 4.98 Å². The Morgan fingerprint density at radius 3 is 2.65 bits per heavy atom. The van der Waals surface area contributed by atoms with Gasteiger partial charge in [-0.15, -0.1) is 0 Å². The molecule has 0 fully saturated rings. The summed E-state index contributed by atoms with van der Waals surface area (Å²) in [5, 5.41) is 1.09. The lowest BCUT2D eigenvalue weighted by molar-refractivity contribution is 0.460. The molecule has 0 aliphatic carbocycles. The van der Waals surface area contributed by atoms with Crippen LogP contribution in [0.3, 0.4) is 0 Å². The summed E-state index contributed by atoms with van der Waals surface area (Å²) in [6.45, 7) is 1.96. The third-order valence-corrected chi connectivity index (χ3v) is 3.14. The van der Waals surface area contributed by atoms with E-state index in [2.05, 4.69) is 20.9 Å². The average Bonchev–Trinajstić information content (AvgIpc) is 2.25. The summed E-state index contributed by atoms with van der Waals surface area (Å²) in [4.78, 5) is 4.08. The molecule has 88 valence electrons. The van der Waals surface area contributed by atoms with Gasteiger partial charge in [0, 0.05) is 6.20 Å². The van der Waals surface area contributed by atoms with E-state index in [0.717, 1.165) is 5.56 Å². The van der Waals surface area contributed by atoms with Gasteiger partial charge in [0.1, 0.15) is 5.75 Å². The van der Waals surface area contributed by atoms with Crippen LogP contribution in [-0.4, -0.2) is 4.98 Å². The molecule has 0 N–H and O–H groups in total.